The largest absolute Gasteiger partial charge is 0.246 e. The van der Waals surface area contributed by atoms with E-state index in [2.05, 4.69) is 20.8 Å². The SMILES string of the molecule is CC1(C)C[C@H]2C[C@](C)(CN2S(=O)(=O)c2ccc(F)cc2F)C1. The van der Waals surface area contributed by atoms with Crippen LogP contribution in [0.4, 0.5) is 8.78 Å². The van der Waals surface area contributed by atoms with E-state index in [1.807, 2.05) is 0 Å². The number of benzene rings is 1. The lowest BCUT2D eigenvalue weighted by Gasteiger charge is -2.39. The molecule has 1 saturated heterocycles. The first kappa shape index (κ1) is 15.9. The van der Waals surface area contributed by atoms with Crippen LogP contribution in [0.2, 0.25) is 0 Å². The Bertz CT molecular complexity index is 717. The fraction of sp³-hybridized carbons (Fsp3) is 0.625. The molecule has 3 nitrogen and oxygen atoms in total. The second-order valence-corrected chi connectivity index (χ2v) is 9.70. The van der Waals surface area contributed by atoms with Gasteiger partial charge in [-0.25, -0.2) is 17.2 Å². The van der Waals surface area contributed by atoms with E-state index in [0.717, 1.165) is 31.4 Å². The van der Waals surface area contributed by atoms with Gasteiger partial charge >= 0.3 is 0 Å². The molecule has 0 radical (unpaired) electrons. The lowest BCUT2D eigenvalue weighted by molar-refractivity contribution is 0.133. The molecule has 1 aromatic rings. The van der Waals surface area contributed by atoms with E-state index >= 15 is 0 Å². The summed E-state index contributed by atoms with van der Waals surface area (Å²) in [4.78, 5) is -0.428. The van der Waals surface area contributed by atoms with E-state index in [1.165, 1.54) is 4.31 Å². The van der Waals surface area contributed by atoms with Crippen molar-refractivity contribution >= 4 is 10.0 Å². The topological polar surface area (TPSA) is 37.4 Å². The molecule has 3 rings (SSSR count). The van der Waals surface area contributed by atoms with E-state index in [9.17, 15) is 17.2 Å². The van der Waals surface area contributed by atoms with Crippen molar-refractivity contribution in [3.63, 3.8) is 0 Å². The quantitative estimate of drug-likeness (QED) is 0.832. The molecule has 1 aliphatic carbocycles. The van der Waals surface area contributed by atoms with Crippen LogP contribution < -0.4 is 0 Å². The van der Waals surface area contributed by atoms with Gasteiger partial charge in [-0.2, -0.15) is 4.31 Å². The highest BCUT2D eigenvalue weighted by Crippen LogP contribution is 2.53. The Balaban J connectivity index is 2.00. The molecule has 0 spiro atoms. The van der Waals surface area contributed by atoms with Gasteiger partial charge in [-0.05, 0) is 42.2 Å². The molecule has 22 heavy (non-hydrogen) atoms. The van der Waals surface area contributed by atoms with Crippen molar-refractivity contribution in [2.24, 2.45) is 10.8 Å². The molecule has 1 aromatic carbocycles. The van der Waals surface area contributed by atoms with Crippen molar-refractivity contribution in [2.75, 3.05) is 6.54 Å². The second-order valence-electron chi connectivity index (χ2n) is 7.84. The number of hydrogen-bond donors (Lipinski definition) is 0. The highest BCUT2D eigenvalue weighted by Gasteiger charge is 2.53. The predicted octanol–water partition coefficient (Wildman–Crippen LogP) is 3.55. The molecule has 0 unspecified atom stereocenters. The summed E-state index contributed by atoms with van der Waals surface area (Å²) >= 11 is 0. The lowest BCUT2D eigenvalue weighted by Crippen LogP contribution is -2.38. The summed E-state index contributed by atoms with van der Waals surface area (Å²) in [5.74, 6) is -1.80. The number of sulfonamides is 1. The third kappa shape index (κ3) is 2.56. The van der Waals surface area contributed by atoms with Crippen molar-refractivity contribution in [3.8, 4) is 0 Å². The Morgan fingerprint density at radius 3 is 2.50 bits per heavy atom. The van der Waals surface area contributed by atoms with Crippen LogP contribution in [0.15, 0.2) is 23.1 Å². The third-order valence-corrected chi connectivity index (χ3v) is 6.78. The van der Waals surface area contributed by atoms with Crippen LogP contribution in [-0.4, -0.2) is 25.3 Å². The van der Waals surface area contributed by atoms with E-state index < -0.39 is 26.6 Å². The van der Waals surface area contributed by atoms with Crippen molar-refractivity contribution in [3.05, 3.63) is 29.8 Å². The maximum absolute atomic E-state index is 13.9. The van der Waals surface area contributed by atoms with Gasteiger partial charge in [0.25, 0.3) is 0 Å². The summed E-state index contributed by atoms with van der Waals surface area (Å²) in [5, 5.41) is 0. The molecule has 1 saturated carbocycles. The van der Waals surface area contributed by atoms with E-state index in [1.54, 1.807) is 0 Å². The zero-order chi connectivity index (χ0) is 16.3. The zero-order valence-corrected chi connectivity index (χ0v) is 13.9. The summed E-state index contributed by atoms with van der Waals surface area (Å²) < 4.78 is 54.1. The summed E-state index contributed by atoms with van der Waals surface area (Å²) in [7, 11) is -3.94. The molecule has 2 bridgehead atoms. The molecule has 1 heterocycles. The van der Waals surface area contributed by atoms with Crippen LogP contribution in [0.1, 0.15) is 40.0 Å². The van der Waals surface area contributed by atoms with Gasteiger partial charge in [-0.1, -0.05) is 20.8 Å². The fourth-order valence-electron chi connectivity index (χ4n) is 4.50. The Morgan fingerprint density at radius 1 is 1.18 bits per heavy atom. The maximum Gasteiger partial charge on any atom is 0.246 e. The van der Waals surface area contributed by atoms with Crippen LogP contribution in [0.3, 0.4) is 0 Å². The van der Waals surface area contributed by atoms with E-state index in [4.69, 9.17) is 0 Å². The molecular weight excluding hydrogens is 308 g/mol. The molecule has 0 amide bonds. The smallest absolute Gasteiger partial charge is 0.207 e. The molecule has 122 valence electrons. The Labute approximate surface area is 130 Å². The highest BCUT2D eigenvalue weighted by atomic mass is 32.2. The molecule has 1 aliphatic heterocycles. The number of halogens is 2. The highest BCUT2D eigenvalue weighted by molar-refractivity contribution is 7.89. The monoisotopic (exact) mass is 329 g/mol. The number of hydrogen-bond acceptors (Lipinski definition) is 2. The summed E-state index contributed by atoms with van der Waals surface area (Å²) in [5.41, 5.74) is -0.000724. The van der Waals surface area contributed by atoms with Gasteiger partial charge in [0.1, 0.15) is 16.5 Å². The summed E-state index contributed by atoms with van der Waals surface area (Å²) in [6.07, 6.45) is 2.53. The van der Waals surface area contributed by atoms with Crippen LogP contribution in [-0.2, 0) is 10.0 Å². The van der Waals surface area contributed by atoms with Crippen LogP contribution >= 0.6 is 0 Å². The summed E-state index contributed by atoms with van der Waals surface area (Å²) in [6.45, 7) is 6.79. The molecular formula is C16H21F2NO2S. The average Bonchev–Trinajstić information content (AvgIpc) is 2.58. The van der Waals surface area contributed by atoms with Crippen molar-refractivity contribution < 1.29 is 17.2 Å². The normalized spacial score (nSPS) is 31.4. The third-order valence-electron chi connectivity index (χ3n) is 4.85. The first-order chi connectivity index (χ1) is 10.0. The van der Waals surface area contributed by atoms with Crippen molar-refractivity contribution in [1.29, 1.82) is 0 Å². The van der Waals surface area contributed by atoms with Gasteiger partial charge in [-0.15, -0.1) is 0 Å². The first-order valence-corrected chi connectivity index (χ1v) is 8.93. The minimum absolute atomic E-state index is 0.0727. The van der Waals surface area contributed by atoms with Crippen molar-refractivity contribution in [1.82, 2.24) is 4.31 Å². The van der Waals surface area contributed by atoms with Gasteiger partial charge < -0.3 is 0 Å². The number of rotatable bonds is 2. The number of fused-ring (bicyclic) bond motifs is 2. The number of nitrogens with zero attached hydrogens (tertiary/aromatic N) is 1. The minimum Gasteiger partial charge on any atom is -0.207 e. The molecule has 0 aromatic heterocycles. The maximum atomic E-state index is 13.9. The molecule has 2 aliphatic rings. The lowest BCUT2D eigenvalue weighted by atomic mass is 9.65. The van der Waals surface area contributed by atoms with Gasteiger partial charge in [0.2, 0.25) is 10.0 Å². The van der Waals surface area contributed by atoms with Gasteiger partial charge in [0.15, 0.2) is 0 Å². The molecule has 2 fully saturated rings. The standard InChI is InChI=1S/C16H21F2NO2S/c1-15(2)7-12-8-16(3,9-15)10-19(12)22(20,21)14-5-4-11(17)6-13(14)18/h4-6,12H,7-10H2,1-3H3/t12-,16-/m0/s1. The minimum atomic E-state index is -3.94. The Morgan fingerprint density at radius 2 is 1.86 bits per heavy atom. The Kier molecular flexibility index (Phi) is 3.42. The van der Waals surface area contributed by atoms with Crippen molar-refractivity contribution in [2.45, 2.75) is 51.0 Å². The molecule has 6 heteroatoms. The second kappa shape index (κ2) is 4.74. The van der Waals surface area contributed by atoms with E-state index in [0.29, 0.717) is 12.6 Å². The van der Waals surface area contributed by atoms with Crippen LogP contribution in [0, 0.1) is 22.5 Å². The fourth-order valence-corrected chi connectivity index (χ4v) is 6.32. The van der Waals surface area contributed by atoms with Crippen LogP contribution in [0.25, 0.3) is 0 Å². The van der Waals surface area contributed by atoms with Gasteiger partial charge in [-0.3, -0.25) is 0 Å². The van der Waals surface area contributed by atoms with Crippen LogP contribution in [0.5, 0.6) is 0 Å². The Hall–Kier alpha value is -1.01. The predicted molar refractivity (Wildman–Crippen MR) is 79.8 cm³/mol. The molecule has 2 atom stereocenters. The molecule has 0 N–H and O–H groups in total. The average molecular weight is 329 g/mol. The first-order valence-electron chi connectivity index (χ1n) is 7.49. The van der Waals surface area contributed by atoms with Gasteiger partial charge in [0.05, 0.1) is 0 Å². The van der Waals surface area contributed by atoms with E-state index in [-0.39, 0.29) is 16.9 Å². The zero-order valence-electron chi connectivity index (χ0n) is 13.1. The summed E-state index contributed by atoms with van der Waals surface area (Å²) in [6, 6.07) is 2.53. The van der Waals surface area contributed by atoms with Gasteiger partial charge in [0, 0.05) is 18.7 Å².